The maximum Gasteiger partial charge on any atom is 0.228 e. The molecule has 0 saturated heterocycles. The summed E-state index contributed by atoms with van der Waals surface area (Å²) in [6, 6.07) is 0. The predicted octanol–water partition coefficient (Wildman–Crippen LogP) is 3.31. The smallest absolute Gasteiger partial charge is 0.228 e. The Balaban J connectivity index is 2.17. The lowest BCUT2D eigenvalue weighted by atomic mass is 10.3. The molecule has 4 nitrogen and oxygen atoms in total. The number of aryl methyl sites for hydroxylation is 2. The molecular weight excluding hydrogens is 288 g/mol. The summed E-state index contributed by atoms with van der Waals surface area (Å²) >= 11 is 4.92. The van der Waals surface area contributed by atoms with Gasteiger partial charge in [0.05, 0.1) is 10.2 Å². The van der Waals surface area contributed by atoms with E-state index in [2.05, 4.69) is 50.0 Å². The number of nitrogens with zero attached hydrogens (tertiary/aromatic N) is 3. The minimum absolute atomic E-state index is 0.569. The molecule has 0 aliphatic carbocycles. The normalized spacial score (nSPS) is 10.4. The number of aromatic nitrogens is 3. The molecule has 0 amide bonds. The Hall–Kier alpha value is -1.01. The van der Waals surface area contributed by atoms with Gasteiger partial charge in [-0.05, 0) is 29.3 Å². The van der Waals surface area contributed by atoms with E-state index in [0.717, 1.165) is 21.7 Å². The van der Waals surface area contributed by atoms with E-state index in [4.69, 9.17) is 0 Å². The maximum absolute atomic E-state index is 4.46. The molecule has 0 aliphatic rings. The van der Waals surface area contributed by atoms with Gasteiger partial charge in [0.2, 0.25) is 5.95 Å². The third-order valence-corrected chi connectivity index (χ3v) is 3.40. The molecule has 2 rings (SSSR count). The fraction of sp³-hybridized carbons (Fsp3) is 0.300. The summed E-state index contributed by atoms with van der Waals surface area (Å²) in [5.74, 6) is 0.569. The molecule has 2 aromatic rings. The highest BCUT2D eigenvalue weighted by molar-refractivity contribution is 9.10. The van der Waals surface area contributed by atoms with Gasteiger partial charge < -0.3 is 5.32 Å². The predicted molar refractivity (Wildman–Crippen MR) is 69.2 cm³/mol. The zero-order valence-corrected chi connectivity index (χ0v) is 11.4. The molecule has 84 valence electrons. The number of thiazole rings is 1. The largest absolute Gasteiger partial charge is 0.300 e. The first-order valence-electron chi connectivity index (χ1n) is 4.90. The van der Waals surface area contributed by atoms with Crippen LogP contribution < -0.4 is 5.32 Å². The van der Waals surface area contributed by atoms with E-state index in [-0.39, 0.29) is 0 Å². The molecule has 0 aromatic carbocycles. The Labute approximate surface area is 106 Å². The number of rotatable bonds is 3. The van der Waals surface area contributed by atoms with E-state index in [1.54, 1.807) is 23.7 Å². The van der Waals surface area contributed by atoms with Crippen LogP contribution in [0.4, 0.5) is 11.1 Å². The number of hydrogen-bond donors (Lipinski definition) is 1. The van der Waals surface area contributed by atoms with Crippen LogP contribution in [0.1, 0.15) is 17.5 Å². The molecule has 16 heavy (non-hydrogen) atoms. The van der Waals surface area contributed by atoms with Gasteiger partial charge in [0, 0.05) is 17.3 Å². The fourth-order valence-electron chi connectivity index (χ4n) is 1.28. The molecule has 0 atom stereocenters. The lowest BCUT2D eigenvalue weighted by Crippen LogP contribution is -1.95. The third-order valence-electron chi connectivity index (χ3n) is 2.07. The van der Waals surface area contributed by atoms with Crippen molar-refractivity contribution in [2.45, 2.75) is 20.3 Å². The SMILES string of the molecule is CCc1nc(Nc2ncc(Br)cn2)sc1C. The minimum atomic E-state index is 0.569. The molecule has 0 spiro atoms. The average Bonchev–Trinajstić information content (AvgIpc) is 2.62. The van der Waals surface area contributed by atoms with Crippen molar-refractivity contribution in [2.75, 3.05) is 5.32 Å². The van der Waals surface area contributed by atoms with Gasteiger partial charge >= 0.3 is 0 Å². The van der Waals surface area contributed by atoms with Gasteiger partial charge in [-0.25, -0.2) is 15.0 Å². The molecule has 0 fully saturated rings. The fourth-order valence-corrected chi connectivity index (χ4v) is 2.38. The van der Waals surface area contributed by atoms with Crippen LogP contribution >= 0.6 is 27.3 Å². The van der Waals surface area contributed by atoms with Gasteiger partial charge in [-0.2, -0.15) is 0 Å². The molecule has 0 radical (unpaired) electrons. The van der Waals surface area contributed by atoms with Crippen LogP contribution in [0, 0.1) is 6.92 Å². The second-order valence-electron chi connectivity index (χ2n) is 3.23. The van der Waals surface area contributed by atoms with Gasteiger partial charge in [0.25, 0.3) is 0 Å². The summed E-state index contributed by atoms with van der Waals surface area (Å²) in [6.45, 7) is 4.17. The summed E-state index contributed by atoms with van der Waals surface area (Å²) in [4.78, 5) is 14.0. The summed E-state index contributed by atoms with van der Waals surface area (Å²) in [5.41, 5.74) is 1.13. The van der Waals surface area contributed by atoms with Crippen molar-refractivity contribution in [1.82, 2.24) is 15.0 Å². The van der Waals surface area contributed by atoms with Crippen LogP contribution in [0.15, 0.2) is 16.9 Å². The third kappa shape index (κ3) is 2.56. The summed E-state index contributed by atoms with van der Waals surface area (Å²) in [5, 5.41) is 3.94. The molecule has 0 unspecified atom stereocenters. The Morgan fingerprint density at radius 2 is 2.06 bits per heavy atom. The maximum atomic E-state index is 4.46. The number of anilines is 2. The van der Waals surface area contributed by atoms with Crippen molar-refractivity contribution in [3.05, 3.63) is 27.4 Å². The van der Waals surface area contributed by atoms with Crippen LogP contribution in [-0.4, -0.2) is 15.0 Å². The van der Waals surface area contributed by atoms with E-state index < -0.39 is 0 Å². The lowest BCUT2D eigenvalue weighted by Gasteiger charge is -1.98. The van der Waals surface area contributed by atoms with Crippen LogP contribution in [0.5, 0.6) is 0 Å². The zero-order chi connectivity index (χ0) is 11.5. The Morgan fingerprint density at radius 1 is 1.38 bits per heavy atom. The Morgan fingerprint density at radius 3 is 2.62 bits per heavy atom. The molecule has 2 heterocycles. The number of hydrogen-bond acceptors (Lipinski definition) is 5. The molecule has 0 saturated carbocycles. The standard InChI is InChI=1S/C10H11BrN4S/c1-3-8-6(2)16-10(14-8)15-9-12-4-7(11)5-13-9/h4-5H,3H2,1-2H3,(H,12,13,14,15). The zero-order valence-electron chi connectivity index (χ0n) is 8.99. The summed E-state index contributed by atoms with van der Waals surface area (Å²) in [7, 11) is 0. The summed E-state index contributed by atoms with van der Waals surface area (Å²) in [6.07, 6.45) is 4.36. The van der Waals surface area contributed by atoms with Crippen molar-refractivity contribution in [1.29, 1.82) is 0 Å². The van der Waals surface area contributed by atoms with Gasteiger partial charge in [0.15, 0.2) is 5.13 Å². The van der Waals surface area contributed by atoms with Crippen molar-refractivity contribution in [3.63, 3.8) is 0 Å². The first-order valence-corrected chi connectivity index (χ1v) is 6.51. The molecule has 6 heteroatoms. The van der Waals surface area contributed by atoms with Crippen LogP contribution in [-0.2, 0) is 6.42 Å². The van der Waals surface area contributed by atoms with Crippen LogP contribution in [0.3, 0.4) is 0 Å². The quantitative estimate of drug-likeness (QED) is 0.944. The first kappa shape index (κ1) is 11.5. The van der Waals surface area contributed by atoms with Crippen molar-refractivity contribution in [2.24, 2.45) is 0 Å². The van der Waals surface area contributed by atoms with E-state index in [1.165, 1.54) is 4.88 Å². The summed E-state index contributed by atoms with van der Waals surface area (Å²) < 4.78 is 0.864. The highest BCUT2D eigenvalue weighted by Crippen LogP contribution is 2.24. The van der Waals surface area contributed by atoms with E-state index in [0.29, 0.717) is 5.95 Å². The second-order valence-corrected chi connectivity index (χ2v) is 5.34. The minimum Gasteiger partial charge on any atom is -0.300 e. The topological polar surface area (TPSA) is 50.7 Å². The Kier molecular flexibility index (Phi) is 3.50. The first-order chi connectivity index (χ1) is 7.69. The van der Waals surface area contributed by atoms with Crippen molar-refractivity contribution >= 4 is 38.3 Å². The van der Waals surface area contributed by atoms with Gasteiger partial charge in [-0.15, -0.1) is 11.3 Å². The highest BCUT2D eigenvalue weighted by Gasteiger charge is 2.06. The molecule has 1 N–H and O–H groups in total. The molecular formula is C10H11BrN4S. The van der Waals surface area contributed by atoms with Gasteiger partial charge in [-0.1, -0.05) is 6.92 Å². The lowest BCUT2D eigenvalue weighted by molar-refractivity contribution is 1.04. The van der Waals surface area contributed by atoms with Gasteiger partial charge in [0.1, 0.15) is 0 Å². The molecule has 0 aliphatic heterocycles. The highest BCUT2D eigenvalue weighted by atomic mass is 79.9. The van der Waals surface area contributed by atoms with Crippen LogP contribution in [0.25, 0.3) is 0 Å². The van der Waals surface area contributed by atoms with E-state index in [9.17, 15) is 0 Å². The number of nitrogens with one attached hydrogen (secondary N) is 1. The van der Waals surface area contributed by atoms with Crippen LogP contribution in [0.2, 0.25) is 0 Å². The monoisotopic (exact) mass is 298 g/mol. The number of halogens is 1. The van der Waals surface area contributed by atoms with Crippen molar-refractivity contribution in [3.8, 4) is 0 Å². The Bertz CT molecular complexity index is 480. The van der Waals surface area contributed by atoms with Gasteiger partial charge in [-0.3, -0.25) is 0 Å². The van der Waals surface area contributed by atoms with E-state index in [1.807, 2.05) is 0 Å². The molecule has 0 bridgehead atoms. The average molecular weight is 299 g/mol. The van der Waals surface area contributed by atoms with Crippen molar-refractivity contribution < 1.29 is 0 Å². The van der Waals surface area contributed by atoms with E-state index >= 15 is 0 Å². The molecule has 2 aromatic heterocycles. The second kappa shape index (κ2) is 4.88.